The largest absolute Gasteiger partial charge is 0.384 e. The fraction of sp³-hybridized carbons (Fsp3) is 0. The number of rotatable bonds is 2. The SMILES string of the molecule is Cl.N=C(N)c1ccc(-n2cnc3ccccc32)cc1. The van der Waals surface area contributed by atoms with Crippen molar-refractivity contribution in [2.75, 3.05) is 0 Å². The molecule has 1 aromatic heterocycles. The van der Waals surface area contributed by atoms with Gasteiger partial charge < -0.3 is 5.73 Å². The summed E-state index contributed by atoms with van der Waals surface area (Å²) in [5, 5.41) is 7.37. The van der Waals surface area contributed by atoms with Crippen molar-refractivity contribution in [2.45, 2.75) is 0 Å². The maximum Gasteiger partial charge on any atom is 0.122 e. The van der Waals surface area contributed by atoms with Crippen LogP contribution in [0.1, 0.15) is 5.56 Å². The maximum absolute atomic E-state index is 7.37. The van der Waals surface area contributed by atoms with Crippen molar-refractivity contribution in [1.29, 1.82) is 5.41 Å². The van der Waals surface area contributed by atoms with Crippen molar-refractivity contribution in [3.05, 3.63) is 60.4 Å². The number of hydrogen-bond acceptors (Lipinski definition) is 2. The lowest BCUT2D eigenvalue weighted by atomic mass is 10.2. The Morgan fingerprint density at radius 3 is 2.42 bits per heavy atom. The number of halogens is 1. The van der Waals surface area contributed by atoms with Crippen molar-refractivity contribution in [3.63, 3.8) is 0 Å². The van der Waals surface area contributed by atoms with Gasteiger partial charge in [-0.1, -0.05) is 12.1 Å². The molecule has 5 heteroatoms. The van der Waals surface area contributed by atoms with E-state index in [9.17, 15) is 0 Å². The third kappa shape index (κ3) is 2.30. The fourth-order valence-corrected chi connectivity index (χ4v) is 1.97. The second-order valence-electron chi connectivity index (χ2n) is 4.06. The lowest BCUT2D eigenvalue weighted by Crippen LogP contribution is -2.10. The Bertz CT molecular complexity index is 716. The van der Waals surface area contributed by atoms with Crippen LogP contribution >= 0.6 is 12.4 Å². The molecule has 2 aromatic carbocycles. The first-order valence-electron chi connectivity index (χ1n) is 5.62. The summed E-state index contributed by atoms with van der Waals surface area (Å²) in [5.41, 5.74) is 9.20. The molecule has 0 aliphatic rings. The van der Waals surface area contributed by atoms with Crippen molar-refractivity contribution >= 4 is 29.3 Å². The quantitative estimate of drug-likeness (QED) is 0.556. The van der Waals surface area contributed by atoms with Gasteiger partial charge in [-0.15, -0.1) is 12.4 Å². The summed E-state index contributed by atoms with van der Waals surface area (Å²) in [6, 6.07) is 15.5. The highest BCUT2D eigenvalue weighted by Crippen LogP contribution is 2.18. The summed E-state index contributed by atoms with van der Waals surface area (Å²) in [5.74, 6) is 0.0806. The second-order valence-corrected chi connectivity index (χ2v) is 4.06. The number of imidazole rings is 1. The summed E-state index contributed by atoms with van der Waals surface area (Å²) >= 11 is 0. The van der Waals surface area contributed by atoms with Gasteiger partial charge in [0.15, 0.2) is 0 Å². The van der Waals surface area contributed by atoms with E-state index in [1.54, 1.807) is 6.33 Å². The number of nitrogens with zero attached hydrogens (tertiary/aromatic N) is 2. The van der Waals surface area contributed by atoms with Crippen LogP contribution < -0.4 is 5.73 Å². The molecule has 0 atom stereocenters. The van der Waals surface area contributed by atoms with Gasteiger partial charge in [0.2, 0.25) is 0 Å². The summed E-state index contributed by atoms with van der Waals surface area (Å²) in [6.45, 7) is 0. The van der Waals surface area contributed by atoms with E-state index in [4.69, 9.17) is 11.1 Å². The van der Waals surface area contributed by atoms with Crippen molar-refractivity contribution < 1.29 is 0 Å². The minimum absolute atomic E-state index is 0. The molecule has 0 fully saturated rings. The molecule has 0 saturated heterocycles. The number of nitrogens with two attached hydrogens (primary N) is 1. The van der Waals surface area contributed by atoms with Crippen LogP contribution in [0.25, 0.3) is 16.7 Å². The van der Waals surface area contributed by atoms with Crippen molar-refractivity contribution in [1.82, 2.24) is 9.55 Å². The van der Waals surface area contributed by atoms with Crippen molar-refractivity contribution in [2.24, 2.45) is 5.73 Å². The van der Waals surface area contributed by atoms with Gasteiger partial charge in [-0.2, -0.15) is 0 Å². The van der Waals surface area contributed by atoms with E-state index in [-0.39, 0.29) is 18.2 Å². The first kappa shape index (κ1) is 13.1. The van der Waals surface area contributed by atoms with E-state index in [2.05, 4.69) is 4.98 Å². The van der Waals surface area contributed by atoms with Gasteiger partial charge >= 0.3 is 0 Å². The number of hydrogen-bond donors (Lipinski definition) is 2. The van der Waals surface area contributed by atoms with Gasteiger partial charge in [0.1, 0.15) is 12.2 Å². The van der Waals surface area contributed by atoms with E-state index in [1.807, 2.05) is 53.1 Å². The molecular formula is C14H13ClN4. The van der Waals surface area contributed by atoms with Crippen molar-refractivity contribution in [3.8, 4) is 5.69 Å². The molecule has 3 rings (SSSR count). The number of aromatic nitrogens is 2. The summed E-state index contributed by atoms with van der Waals surface area (Å²) < 4.78 is 2.01. The van der Waals surface area contributed by atoms with Crippen LogP contribution in [-0.4, -0.2) is 15.4 Å². The predicted molar refractivity (Wildman–Crippen MR) is 79.3 cm³/mol. The summed E-state index contributed by atoms with van der Waals surface area (Å²) in [6.07, 6.45) is 1.80. The Morgan fingerprint density at radius 1 is 1.05 bits per heavy atom. The van der Waals surface area contributed by atoms with Crippen LogP contribution in [0, 0.1) is 5.41 Å². The van der Waals surface area contributed by atoms with Gasteiger partial charge in [-0.3, -0.25) is 9.98 Å². The molecule has 0 bridgehead atoms. The third-order valence-electron chi connectivity index (χ3n) is 2.91. The van der Waals surface area contributed by atoms with E-state index in [1.165, 1.54) is 0 Å². The molecule has 3 aromatic rings. The van der Waals surface area contributed by atoms with E-state index < -0.39 is 0 Å². The third-order valence-corrected chi connectivity index (χ3v) is 2.91. The number of fused-ring (bicyclic) bond motifs is 1. The summed E-state index contributed by atoms with van der Waals surface area (Å²) in [7, 11) is 0. The fourth-order valence-electron chi connectivity index (χ4n) is 1.97. The Kier molecular flexibility index (Phi) is 3.53. The van der Waals surface area contributed by atoms with E-state index in [0.717, 1.165) is 22.3 Å². The van der Waals surface area contributed by atoms with Crippen LogP contribution in [0.15, 0.2) is 54.9 Å². The highest BCUT2D eigenvalue weighted by Gasteiger charge is 2.04. The Labute approximate surface area is 116 Å². The summed E-state index contributed by atoms with van der Waals surface area (Å²) in [4.78, 5) is 4.35. The van der Waals surface area contributed by atoms with E-state index >= 15 is 0 Å². The molecule has 0 spiro atoms. The molecule has 0 radical (unpaired) electrons. The van der Waals surface area contributed by atoms with Gasteiger partial charge in [0, 0.05) is 11.3 Å². The van der Waals surface area contributed by atoms with Gasteiger partial charge in [-0.25, -0.2) is 4.98 Å². The first-order valence-corrected chi connectivity index (χ1v) is 5.62. The Morgan fingerprint density at radius 2 is 1.74 bits per heavy atom. The first-order chi connectivity index (χ1) is 8.75. The van der Waals surface area contributed by atoms with Gasteiger partial charge in [-0.05, 0) is 36.4 Å². The maximum atomic E-state index is 7.37. The molecule has 0 saturated carbocycles. The number of amidine groups is 1. The highest BCUT2D eigenvalue weighted by molar-refractivity contribution is 5.95. The number of nitrogen functional groups attached to an aromatic ring is 1. The zero-order valence-electron chi connectivity index (χ0n) is 10.1. The molecule has 96 valence electrons. The molecule has 3 N–H and O–H groups in total. The zero-order valence-corrected chi connectivity index (χ0v) is 10.9. The standard InChI is InChI=1S/C14H12N4.ClH/c15-14(16)10-5-7-11(8-6-10)18-9-17-12-3-1-2-4-13(12)18;/h1-9H,(H3,15,16);1H. The minimum atomic E-state index is 0. The molecule has 1 heterocycles. The van der Waals surface area contributed by atoms with Crippen LogP contribution in [-0.2, 0) is 0 Å². The number of para-hydroxylation sites is 2. The lowest BCUT2D eigenvalue weighted by Gasteiger charge is -2.05. The average Bonchev–Trinajstić information content (AvgIpc) is 2.82. The Hall–Kier alpha value is -2.33. The second kappa shape index (κ2) is 5.12. The molecule has 4 nitrogen and oxygen atoms in total. The molecule has 0 unspecified atom stereocenters. The smallest absolute Gasteiger partial charge is 0.122 e. The molecular weight excluding hydrogens is 260 g/mol. The van der Waals surface area contributed by atoms with Crippen LogP contribution in [0.4, 0.5) is 0 Å². The highest BCUT2D eigenvalue weighted by atomic mass is 35.5. The monoisotopic (exact) mass is 272 g/mol. The topological polar surface area (TPSA) is 67.7 Å². The number of nitrogens with one attached hydrogen (secondary N) is 1. The Balaban J connectivity index is 0.00000133. The minimum Gasteiger partial charge on any atom is -0.384 e. The van der Waals surface area contributed by atoms with E-state index in [0.29, 0.717) is 0 Å². The predicted octanol–water partition coefficient (Wildman–Crippen LogP) is 2.73. The normalized spacial score (nSPS) is 10.1. The van der Waals surface area contributed by atoms with Crippen LogP contribution in [0.5, 0.6) is 0 Å². The van der Waals surface area contributed by atoms with Gasteiger partial charge in [0.25, 0.3) is 0 Å². The number of benzene rings is 2. The molecule has 0 aliphatic carbocycles. The zero-order chi connectivity index (χ0) is 12.5. The molecule has 19 heavy (non-hydrogen) atoms. The molecule has 0 aliphatic heterocycles. The van der Waals surface area contributed by atoms with Crippen LogP contribution in [0.3, 0.4) is 0 Å². The average molecular weight is 273 g/mol. The van der Waals surface area contributed by atoms with Gasteiger partial charge in [0.05, 0.1) is 11.0 Å². The van der Waals surface area contributed by atoms with Crippen LogP contribution in [0.2, 0.25) is 0 Å². The molecule has 0 amide bonds. The lowest BCUT2D eigenvalue weighted by molar-refractivity contribution is 1.09.